The number of carboxylic acid groups (broad SMARTS) is 2. The first kappa shape index (κ1) is 77.8. The number of guanidine groups is 2. The molecule has 9 atom stereocenters. The monoisotopic (exact) mass is 1430 g/mol. The molecule has 104 heavy (non-hydrogen) atoms. The minimum atomic E-state index is -1.93. The normalized spacial score (nSPS) is 16.0. The molecule has 9 unspecified atom stereocenters. The van der Waals surface area contributed by atoms with Crippen molar-refractivity contribution in [3.63, 3.8) is 0 Å². The van der Waals surface area contributed by atoms with Gasteiger partial charge in [0.1, 0.15) is 42.3 Å². The summed E-state index contributed by atoms with van der Waals surface area (Å²) in [6.45, 7) is 0.463. The zero-order valence-corrected chi connectivity index (χ0v) is 57.4. The van der Waals surface area contributed by atoms with E-state index < -0.39 is 145 Å². The van der Waals surface area contributed by atoms with E-state index in [-0.39, 0.29) is 102 Å². The summed E-state index contributed by atoms with van der Waals surface area (Å²) in [5, 5.41) is 62.3. The minimum Gasteiger partial charge on any atom is -0.481 e. The Hall–Kier alpha value is -12.0. The van der Waals surface area contributed by atoms with E-state index in [4.69, 9.17) is 28.0 Å². The van der Waals surface area contributed by atoms with Gasteiger partial charge in [-0.05, 0) is 102 Å². The number of nitrogens with two attached hydrogens (primary N) is 3. The van der Waals surface area contributed by atoms with Crippen molar-refractivity contribution in [1.82, 2.24) is 57.7 Å². The molecule has 0 radical (unpaired) electrons. The second kappa shape index (κ2) is 38.2. The van der Waals surface area contributed by atoms with Gasteiger partial charge in [0, 0.05) is 39.0 Å². The van der Waals surface area contributed by atoms with Gasteiger partial charge in [-0.15, -0.1) is 0 Å². The Morgan fingerprint density at radius 2 is 0.904 bits per heavy atom. The number of carboxylic acids is 2. The molecule has 30 nitrogen and oxygen atoms in total. The molecule has 2 saturated heterocycles. The van der Waals surface area contributed by atoms with Crippen LogP contribution in [0, 0.1) is 10.8 Å². The van der Waals surface area contributed by atoms with Gasteiger partial charge >= 0.3 is 11.9 Å². The quantitative estimate of drug-likeness (QED) is 0.0151. The summed E-state index contributed by atoms with van der Waals surface area (Å²) in [5.41, 5.74) is 19.2. The third kappa shape index (κ3) is 22.8. The first-order valence-corrected chi connectivity index (χ1v) is 34.5. The number of rotatable bonds is 37. The first-order valence-electron chi connectivity index (χ1n) is 34.5. The Kier molecular flexibility index (Phi) is 28.5. The molecule has 6 aromatic carbocycles. The second-order valence-corrected chi connectivity index (χ2v) is 25.8. The molecule has 550 valence electrons. The van der Waals surface area contributed by atoms with Crippen LogP contribution in [0.4, 0.5) is 0 Å². The predicted molar refractivity (Wildman–Crippen MR) is 385 cm³/mol. The Labute approximate surface area is 600 Å². The van der Waals surface area contributed by atoms with Crippen molar-refractivity contribution in [2.24, 2.45) is 17.2 Å². The number of primary amides is 1. The van der Waals surface area contributed by atoms with E-state index in [9.17, 15) is 53.4 Å². The number of nitrogens with one attached hydrogen (secondary N) is 11. The van der Waals surface area contributed by atoms with Crippen molar-refractivity contribution in [3.8, 4) is 0 Å². The van der Waals surface area contributed by atoms with Crippen LogP contribution in [0.1, 0.15) is 118 Å². The maximum absolute atomic E-state index is 15.2. The van der Waals surface area contributed by atoms with Gasteiger partial charge in [0.15, 0.2) is 11.9 Å². The fourth-order valence-electron chi connectivity index (χ4n) is 13.1. The van der Waals surface area contributed by atoms with E-state index in [2.05, 4.69) is 47.9 Å². The number of benzene rings is 6. The molecule has 19 N–H and O–H groups in total. The fourth-order valence-corrected chi connectivity index (χ4v) is 13.1. The van der Waals surface area contributed by atoms with Crippen LogP contribution in [0.25, 0.3) is 21.5 Å². The van der Waals surface area contributed by atoms with Crippen molar-refractivity contribution in [1.29, 1.82) is 10.8 Å². The largest absolute Gasteiger partial charge is 0.481 e. The first-order chi connectivity index (χ1) is 49.9. The number of likely N-dealkylation sites (tertiary alicyclic amines) is 2. The van der Waals surface area contributed by atoms with Crippen molar-refractivity contribution < 1.29 is 67.7 Å². The standard InChI is InChI=1S/C74H90N16O14/c75-61(91)40-54(50-27-11-23-46-21-7-9-25-48(46)50)85-66(98)52(29-13-35-80-73(76)77)84-70(102)59-31-15-37-89(59)72(104)60-32-16-38-90(60)71(103)53(30-14-36-81-74(78)79)82-63(93)41-55(51-28-12-24-47-22-8-10-26-49(47)51)86-67(99)56(39-45-19-5-2-6-20-45)87-69(101)58(43-65(96)97)88-68(100)57(42-64(94)95)83-62(92)34-33-44-17-3-1-4-18-44/h1-12,17-28,52-60H,13-16,29-43H2,(H2,75,91)(H,82,93)(H,83,92)(H,84,102)(H,85,98)(H,86,99)(H,87,101)(H,88,100)(H,94,95)(H,96,97)(H4,76,77,80)(H4,78,79,81). The zero-order valence-electron chi connectivity index (χ0n) is 57.4. The Morgan fingerprint density at radius 1 is 0.452 bits per heavy atom. The van der Waals surface area contributed by atoms with Gasteiger partial charge < -0.3 is 85.1 Å². The third-order valence-corrected chi connectivity index (χ3v) is 18.2. The topological polar surface area (TPSA) is 486 Å². The molecular formula is C74H90N16O14. The second-order valence-electron chi connectivity index (χ2n) is 25.8. The molecule has 6 aromatic rings. The zero-order chi connectivity index (χ0) is 74.8. The third-order valence-electron chi connectivity index (χ3n) is 18.2. The SMILES string of the molecule is N=C(N)NCCCC(NC(=O)C1CCCN1C(=O)C1CCCN1C(=O)C(CCCNC(=N)N)NC(=O)CC(NC(=O)C(Cc1ccccc1)NC(=O)C(CC(=O)O)NC(=O)C(CC(=O)O)NC(=O)CCc1ccccc1)c1cccc2ccccc12)C(=O)NC(CC(N)=O)c1cccc2ccccc12. The van der Waals surface area contributed by atoms with E-state index >= 15 is 14.4 Å². The molecule has 0 aromatic heterocycles. The van der Waals surface area contributed by atoms with Crippen LogP contribution in [-0.4, -0.2) is 171 Å². The van der Waals surface area contributed by atoms with Crippen molar-refractivity contribution in [3.05, 3.63) is 168 Å². The van der Waals surface area contributed by atoms with Gasteiger partial charge in [-0.3, -0.25) is 68.4 Å². The Morgan fingerprint density at radius 3 is 1.45 bits per heavy atom. The molecule has 8 rings (SSSR count). The van der Waals surface area contributed by atoms with Crippen LogP contribution in [0.15, 0.2) is 146 Å². The minimum absolute atomic E-state index is 0.0414. The molecule has 2 fully saturated rings. The number of hydrogen-bond acceptors (Lipinski definition) is 14. The number of carbonyl (C=O) groups is 12. The predicted octanol–water partition coefficient (Wildman–Crippen LogP) is 2.03. The molecule has 10 amide bonds. The molecule has 2 aliphatic heterocycles. The highest BCUT2D eigenvalue weighted by Gasteiger charge is 2.45. The average molecular weight is 1430 g/mol. The molecule has 2 aliphatic rings. The smallest absolute Gasteiger partial charge is 0.305 e. The van der Waals surface area contributed by atoms with Crippen LogP contribution < -0.4 is 65.1 Å². The summed E-state index contributed by atoms with van der Waals surface area (Å²) in [6, 6.07) is 30.3. The summed E-state index contributed by atoms with van der Waals surface area (Å²) in [5.74, 6) is -11.6. The Bertz CT molecular complexity index is 4100. The van der Waals surface area contributed by atoms with Crippen molar-refractivity contribution in [2.75, 3.05) is 26.2 Å². The number of amides is 10. The Balaban J connectivity index is 1.01. The van der Waals surface area contributed by atoms with Crippen LogP contribution >= 0.6 is 0 Å². The summed E-state index contributed by atoms with van der Waals surface area (Å²) in [4.78, 5) is 170. The summed E-state index contributed by atoms with van der Waals surface area (Å²) < 4.78 is 0. The maximum Gasteiger partial charge on any atom is 0.305 e. The maximum atomic E-state index is 15.2. The highest BCUT2D eigenvalue weighted by atomic mass is 16.4. The lowest BCUT2D eigenvalue weighted by Crippen LogP contribution is -2.58. The van der Waals surface area contributed by atoms with Crippen LogP contribution in [-0.2, 0) is 70.4 Å². The number of aryl methyl sites for hydroxylation is 1. The van der Waals surface area contributed by atoms with E-state index in [0.717, 1.165) is 16.3 Å². The highest BCUT2D eigenvalue weighted by Crippen LogP contribution is 2.31. The van der Waals surface area contributed by atoms with Gasteiger partial charge in [-0.1, -0.05) is 146 Å². The molecule has 2 heterocycles. The molecule has 0 bridgehead atoms. The van der Waals surface area contributed by atoms with E-state index in [1.54, 1.807) is 103 Å². The summed E-state index contributed by atoms with van der Waals surface area (Å²) in [7, 11) is 0. The van der Waals surface area contributed by atoms with Crippen molar-refractivity contribution >= 4 is 104 Å². The number of fused-ring (bicyclic) bond motifs is 2. The fraction of sp³-hybridized carbons (Fsp3) is 0.378. The molecule has 0 spiro atoms. The molecule has 0 saturated carbocycles. The lowest BCUT2D eigenvalue weighted by molar-refractivity contribution is -0.148. The highest BCUT2D eigenvalue weighted by molar-refractivity contribution is 5.99. The van der Waals surface area contributed by atoms with Gasteiger partial charge in [0.2, 0.25) is 59.1 Å². The van der Waals surface area contributed by atoms with Gasteiger partial charge in [0.05, 0.1) is 37.8 Å². The average Bonchev–Trinajstić information content (AvgIpc) is 1.17. The van der Waals surface area contributed by atoms with E-state index in [1.807, 2.05) is 42.5 Å². The number of hydrogen-bond donors (Lipinski definition) is 16. The number of nitrogens with zero attached hydrogens (tertiary/aromatic N) is 2. The molecule has 30 heteroatoms. The lowest BCUT2D eigenvalue weighted by Gasteiger charge is -2.33. The summed E-state index contributed by atoms with van der Waals surface area (Å²) in [6.07, 6.45) is -1.39. The van der Waals surface area contributed by atoms with Gasteiger partial charge in [-0.25, -0.2) is 0 Å². The van der Waals surface area contributed by atoms with E-state index in [0.29, 0.717) is 40.3 Å². The molecular weight excluding hydrogens is 1340 g/mol. The molecule has 0 aliphatic carbocycles. The van der Waals surface area contributed by atoms with Gasteiger partial charge in [0.25, 0.3) is 0 Å². The van der Waals surface area contributed by atoms with Crippen LogP contribution in [0.2, 0.25) is 0 Å². The lowest BCUT2D eigenvalue weighted by atomic mass is 9.95. The summed E-state index contributed by atoms with van der Waals surface area (Å²) >= 11 is 0. The van der Waals surface area contributed by atoms with Crippen LogP contribution in [0.5, 0.6) is 0 Å². The van der Waals surface area contributed by atoms with Crippen LogP contribution in [0.3, 0.4) is 0 Å². The van der Waals surface area contributed by atoms with E-state index in [1.165, 1.54) is 9.80 Å². The number of aliphatic carboxylic acids is 2. The number of carbonyl (C=O) groups excluding carboxylic acids is 10. The van der Waals surface area contributed by atoms with Crippen molar-refractivity contribution in [2.45, 2.75) is 151 Å². The van der Waals surface area contributed by atoms with Gasteiger partial charge in [-0.2, -0.15) is 0 Å².